The number of hydrogen-bond donors (Lipinski definition) is 1. The van der Waals surface area contributed by atoms with Gasteiger partial charge >= 0.3 is 5.97 Å². The molecule has 0 fully saturated rings. The van der Waals surface area contributed by atoms with Crippen LogP contribution < -0.4 is 4.74 Å². The maximum Gasteiger partial charge on any atom is 0.339 e. The first kappa shape index (κ1) is 13.5. The van der Waals surface area contributed by atoms with Crippen molar-refractivity contribution in [2.24, 2.45) is 0 Å². The Bertz CT molecular complexity index is 642. The van der Waals surface area contributed by atoms with Gasteiger partial charge in [0.1, 0.15) is 17.9 Å². The number of aromatic carboxylic acids is 1. The van der Waals surface area contributed by atoms with Crippen LogP contribution in [0, 0.1) is 10.1 Å². The van der Waals surface area contributed by atoms with E-state index in [1.807, 2.05) is 0 Å². The molecule has 0 aliphatic carbocycles. The summed E-state index contributed by atoms with van der Waals surface area (Å²) in [6.45, 7) is 0.153. The Kier molecular flexibility index (Phi) is 3.90. The van der Waals surface area contributed by atoms with Gasteiger partial charge in [0.15, 0.2) is 0 Å². The number of carbonyl (C=O) groups is 1. The van der Waals surface area contributed by atoms with Crippen LogP contribution in [0.2, 0.25) is 0 Å². The first-order chi connectivity index (χ1) is 9.58. The second kappa shape index (κ2) is 5.79. The second-order valence-electron chi connectivity index (χ2n) is 3.89. The fraction of sp³-hybridized carbons (Fsp3) is 0.0769. The number of hydrogen-bond acceptors (Lipinski definition) is 5. The van der Waals surface area contributed by atoms with Crippen LogP contribution in [-0.2, 0) is 6.61 Å². The maximum absolute atomic E-state index is 11.1. The molecule has 1 N–H and O–H groups in total. The first-order valence-electron chi connectivity index (χ1n) is 5.61. The average Bonchev–Trinajstić information content (AvgIpc) is 2.45. The predicted molar refractivity (Wildman–Crippen MR) is 68.6 cm³/mol. The van der Waals surface area contributed by atoms with Crippen LogP contribution in [0.3, 0.4) is 0 Å². The Balaban J connectivity index is 2.23. The monoisotopic (exact) mass is 274 g/mol. The lowest BCUT2D eigenvalue weighted by Gasteiger charge is -2.08. The molecule has 0 aliphatic heterocycles. The van der Waals surface area contributed by atoms with Gasteiger partial charge in [-0.1, -0.05) is 0 Å². The van der Waals surface area contributed by atoms with E-state index in [0.717, 1.165) is 11.6 Å². The number of aromatic nitrogens is 1. The molecule has 102 valence electrons. The molecule has 7 heteroatoms. The van der Waals surface area contributed by atoms with E-state index in [4.69, 9.17) is 9.84 Å². The minimum absolute atomic E-state index is 0.0833. The summed E-state index contributed by atoms with van der Waals surface area (Å²) < 4.78 is 5.39. The van der Waals surface area contributed by atoms with E-state index in [9.17, 15) is 14.9 Å². The van der Waals surface area contributed by atoms with E-state index < -0.39 is 10.9 Å². The fourth-order valence-electron chi connectivity index (χ4n) is 1.56. The fourth-order valence-corrected chi connectivity index (χ4v) is 1.56. The molecule has 0 aliphatic rings. The highest BCUT2D eigenvalue weighted by Gasteiger charge is 2.17. The third-order valence-electron chi connectivity index (χ3n) is 2.55. The number of nitro groups is 1. The molecule has 20 heavy (non-hydrogen) atoms. The van der Waals surface area contributed by atoms with Gasteiger partial charge < -0.3 is 9.84 Å². The molecule has 0 amide bonds. The molecule has 2 rings (SSSR count). The molecular formula is C13H10N2O5. The number of rotatable bonds is 5. The third kappa shape index (κ3) is 3.08. The molecule has 0 unspecified atom stereocenters. The number of carboxylic acid groups (broad SMARTS) is 1. The largest absolute Gasteiger partial charge is 0.488 e. The molecule has 1 aromatic heterocycles. The number of carboxylic acids is 1. The van der Waals surface area contributed by atoms with Crippen LogP contribution in [-0.4, -0.2) is 21.0 Å². The summed E-state index contributed by atoms with van der Waals surface area (Å²) in [5.41, 5.74) is 0.279. The van der Waals surface area contributed by atoms with Gasteiger partial charge in [-0.3, -0.25) is 15.1 Å². The summed E-state index contributed by atoms with van der Waals surface area (Å²) in [5, 5.41) is 19.7. The van der Waals surface area contributed by atoms with E-state index in [1.54, 1.807) is 24.5 Å². The van der Waals surface area contributed by atoms with Gasteiger partial charge in [0.2, 0.25) is 0 Å². The molecule has 1 heterocycles. The molecule has 0 atom stereocenters. The molecule has 1 aromatic carbocycles. The molecule has 0 spiro atoms. The van der Waals surface area contributed by atoms with Crippen molar-refractivity contribution in [1.82, 2.24) is 4.98 Å². The van der Waals surface area contributed by atoms with Crippen molar-refractivity contribution in [2.45, 2.75) is 6.61 Å². The van der Waals surface area contributed by atoms with E-state index >= 15 is 0 Å². The van der Waals surface area contributed by atoms with Gasteiger partial charge in [0.25, 0.3) is 5.69 Å². The van der Waals surface area contributed by atoms with Gasteiger partial charge in [-0.15, -0.1) is 0 Å². The molecule has 0 bridgehead atoms. The van der Waals surface area contributed by atoms with Gasteiger partial charge in [-0.2, -0.15) is 0 Å². The highest BCUT2D eigenvalue weighted by molar-refractivity contribution is 5.91. The lowest BCUT2D eigenvalue weighted by molar-refractivity contribution is -0.384. The number of nitrogens with zero attached hydrogens (tertiary/aromatic N) is 2. The number of benzene rings is 1. The first-order valence-corrected chi connectivity index (χ1v) is 5.61. The number of pyridine rings is 1. The Hall–Kier alpha value is -2.96. The molecule has 7 nitrogen and oxygen atoms in total. The zero-order valence-corrected chi connectivity index (χ0v) is 10.2. The van der Waals surface area contributed by atoms with Crippen LogP contribution in [0.15, 0.2) is 42.7 Å². The quantitative estimate of drug-likeness (QED) is 0.662. The molecule has 0 radical (unpaired) electrons. The Morgan fingerprint density at radius 1 is 1.30 bits per heavy atom. The second-order valence-corrected chi connectivity index (χ2v) is 3.89. The standard InChI is InChI=1S/C13H10N2O5/c16-13(17)11-7-10(15(18)19)1-2-12(11)20-8-9-3-5-14-6-4-9/h1-7H,8H2,(H,16,17). The zero-order chi connectivity index (χ0) is 14.5. The molecule has 0 saturated carbocycles. The van der Waals surface area contributed by atoms with Crippen molar-refractivity contribution >= 4 is 11.7 Å². The van der Waals surface area contributed by atoms with Crippen LogP contribution in [0.4, 0.5) is 5.69 Å². The van der Waals surface area contributed by atoms with Crippen molar-refractivity contribution in [3.05, 3.63) is 64.0 Å². The molecule has 2 aromatic rings. The summed E-state index contributed by atoms with van der Waals surface area (Å²) in [5.74, 6) is -1.20. The summed E-state index contributed by atoms with van der Waals surface area (Å²) in [4.78, 5) is 24.9. The van der Waals surface area contributed by atoms with Gasteiger partial charge in [0.05, 0.1) is 4.92 Å². The van der Waals surface area contributed by atoms with Crippen LogP contribution in [0.25, 0.3) is 0 Å². The Morgan fingerprint density at radius 2 is 2.00 bits per heavy atom. The summed E-state index contributed by atoms with van der Waals surface area (Å²) >= 11 is 0. The van der Waals surface area contributed by atoms with E-state index in [2.05, 4.69) is 4.98 Å². The SMILES string of the molecule is O=C(O)c1cc([N+](=O)[O-])ccc1OCc1ccncc1. The highest BCUT2D eigenvalue weighted by Crippen LogP contribution is 2.25. The van der Waals surface area contributed by atoms with Crippen molar-refractivity contribution in [3.63, 3.8) is 0 Å². The van der Waals surface area contributed by atoms with Gasteiger partial charge in [-0.25, -0.2) is 4.79 Å². The van der Waals surface area contributed by atoms with Crippen molar-refractivity contribution < 1.29 is 19.6 Å². The minimum Gasteiger partial charge on any atom is -0.488 e. The van der Waals surface area contributed by atoms with E-state index in [-0.39, 0.29) is 23.6 Å². The van der Waals surface area contributed by atoms with Gasteiger partial charge in [0, 0.05) is 24.5 Å². The lowest BCUT2D eigenvalue weighted by atomic mass is 10.2. The van der Waals surface area contributed by atoms with E-state index in [1.165, 1.54) is 12.1 Å². The number of ether oxygens (including phenoxy) is 1. The number of non-ortho nitro benzene ring substituents is 1. The van der Waals surface area contributed by atoms with Crippen LogP contribution in [0.1, 0.15) is 15.9 Å². The molecular weight excluding hydrogens is 264 g/mol. The third-order valence-corrected chi connectivity index (χ3v) is 2.55. The minimum atomic E-state index is -1.28. The topological polar surface area (TPSA) is 103 Å². The van der Waals surface area contributed by atoms with Gasteiger partial charge in [-0.05, 0) is 23.8 Å². The average molecular weight is 274 g/mol. The normalized spacial score (nSPS) is 10.0. The summed E-state index contributed by atoms with van der Waals surface area (Å²) in [6, 6.07) is 6.92. The van der Waals surface area contributed by atoms with Crippen molar-refractivity contribution in [2.75, 3.05) is 0 Å². The van der Waals surface area contributed by atoms with Crippen LogP contribution in [0.5, 0.6) is 5.75 Å². The Morgan fingerprint density at radius 3 is 2.60 bits per heavy atom. The summed E-state index contributed by atoms with van der Waals surface area (Å²) in [6.07, 6.45) is 3.18. The molecule has 0 saturated heterocycles. The lowest BCUT2D eigenvalue weighted by Crippen LogP contribution is -2.04. The van der Waals surface area contributed by atoms with Crippen molar-refractivity contribution in [1.29, 1.82) is 0 Å². The smallest absolute Gasteiger partial charge is 0.339 e. The summed E-state index contributed by atoms with van der Waals surface area (Å²) in [7, 11) is 0. The van der Waals surface area contributed by atoms with Crippen LogP contribution >= 0.6 is 0 Å². The van der Waals surface area contributed by atoms with Crippen molar-refractivity contribution in [3.8, 4) is 5.75 Å². The number of nitro benzene ring substituents is 1. The highest BCUT2D eigenvalue weighted by atomic mass is 16.6. The predicted octanol–water partition coefficient (Wildman–Crippen LogP) is 2.27. The van der Waals surface area contributed by atoms with E-state index in [0.29, 0.717) is 0 Å². The zero-order valence-electron chi connectivity index (χ0n) is 10.2. The maximum atomic E-state index is 11.1. The Labute approximate surface area is 113 Å².